The van der Waals surface area contributed by atoms with Gasteiger partial charge >= 0.3 is 0 Å². The van der Waals surface area contributed by atoms with Crippen molar-refractivity contribution < 1.29 is 14.6 Å². The van der Waals surface area contributed by atoms with Crippen LogP contribution >= 0.6 is 0 Å². The van der Waals surface area contributed by atoms with E-state index in [0.29, 0.717) is 23.8 Å². The largest absolute Gasteiger partial charge is 0.506 e. The van der Waals surface area contributed by atoms with Crippen molar-refractivity contribution in [3.63, 3.8) is 0 Å². The van der Waals surface area contributed by atoms with Crippen molar-refractivity contribution in [3.05, 3.63) is 59.7 Å². The van der Waals surface area contributed by atoms with Crippen LogP contribution in [0, 0.1) is 17.7 Å². The molecule has 26 heavy (non-hydrogen) atoms. The predicted octanol–water partition coefficient (Wildman–Crippen LogP) is 2.78. The van der Waals surface area contributed by atoms with Crippen LogP contribution in [0.15, 0.2) is 42.6 Å². The summed E-state index contributed by atoms with van der Waals surface area (Å²) in [5.41, 5.74) is 0.823. The zero-order valence-corrected chi connectivity index (χ0v) is 14.8. The quantitative estimate of drug-likeness (QED) is 0.865. The van der Waals surface area contributed by atoms with Crippen molar-refractivity contribution in [2.24, 2.45) is 11.8 Å². The van der Waals surface area contributed by atoms with Crippen LogP contribution in [0.5, 0.6) is 5.75 Å². The molecule has 0 spiro atoms. The monoisotopic (exact) mass is 356 g/mol. The summed E-state index contributed by atoms with van der Waals surface area (Å²) in [6, 6.07) is 10.3. The highest BCUT2D eigenvalue weighted by atomic mass is 19.1. The Hall–Kier alpha value is -1.98. The van der Waals surface area contributed by atoms with Gasteiger partial charge in [-0.25, -0.2) is 4.39 Å². The van der Waals surface area contributed by atoms with Crippen molar-refractivity contribution in [1.82, 2.24) is 9.88 Å². The summed E-state index contributed by atoms with van der Waals surface area (Å²) in [5.74, 6) is 0.943. The summed E-state index contributed by atoms with van der Waals surface area (Å²) < 4.78 is 13.9. The first-order chi connectivity index (χ1) is 12.5. The number of halogens is 1. The van der Waals surface area contributed by atoms with Crippen LogP contribution < -0.4 is 0 Å². The van der Waals surface area contributed by atoms with Crippen LogP contribution in [0.3, 0.4) is 0 Å². The number of aromatic nitrogens is 1. The third kappa shape index (κ3) is 3.74. The average molecular weight is 356 g/mol. The lowest BCUT2D eigenvalue weighted by molar-refractivity contribution is 0.0347. The summed E-state index contributed by atoms with van der Waals surface area (Å²) in [7, 11) is 0. The molecule has 0 radical (unpaired) electrons. The second-order valence-corrected chi connectivity index (χ2v) is 7.94. The summed E-state index contributed by atoms with van der Waals surface area (Å²) in [6.07, 6.45) is 4.25. The van der Waals surface area contributed by atoms with E-state index in [9.17, 15) is 14.6 Å². The first-order valence-electron chi connectivity index (χ1n) is 9.33. The van der Waals surface area contributed by atoms with Crippen LogP contribution in [0.1, 0.15) is 24.1 Å². The molecule has 2 heterocycles. The average Bonchev–Trinajstić information content (AvgIpc) is 3.11. The molecule has 1 saturated carbocycles. The molecule has 1 aromatic carbocycles. The van der Waals surface area contributed by atoms with E-state index in [1.807, 2.05) is 12.1 Å². The number of nitrogens with zero attached hydrogens (tertiary/aromatic N) is 2. The van der Waals surface area contributed by atoms with Gasteiger partial charge in [0.25, 0.3) is 0 Å². The zero-order chi connectivity index (χ0) is 18.1. The van der Waals surface area contributed by atoms with Crippen LogP contribution in [-0.2, 0) is 12.8 Å². The van der Waals surface area contributed by atoms with Crippen LogP contribution in [0.2, 0.25) is 0 Å². The molecular weight excluding hydrogens is 331 g/mol. The van der Waals surface area contributed by atoms with E-state index < -0.39 is 5.60 Å². The van der Waals surface area contributed by atoms with Crippen molar-refractivity contribution in [1.29, 1.82) is 0 Å². The van der Waals surface area contributed by atoms with Gasteiger partial charge in [0.05, 0.1) is 11.8 Å². The van der Waals surface area contributed by atoms with Gasteiger partial charge in [-0.3, -0.25) is 4.98 Å². The molecule has 138 valence electrons. The molecule has 2 fully saturated rings. The van der Waals surface area contributed by atoms with Gasteiger partial charge in [-0.1, -0.05) is 18.2 Å². The highest BCUT2D eigenvalue weighted by molar-refractivity contribution is 5.21. The maximum Gasteiger partial charge on any atom is 0.133 e. The van der Waals surface area contributed by atoms with Crippen molar-refractivity contribution in [2.75, 3.05) is 19.6 Å². The van der Waals surface area contributed by atoms with Crippen LogP contribution in [0.25, 0.3) is 0 Å². The summed E-state index contributed by atoms with van der Waals surface area (Å²) >= 11 is 0. The normalized spacial score (nSPS) is 28.4. The minimum atomic E-state index is -0.776. The fourth-order valence-corrected chi connectivity index (χ4v) is 4.72. The number of pyridine rings is 1. The molecule has 1 aromatic heterocycles. The predicted molar refractivity (Wildman–Crippen MR) is 97.3 cm³/mol. The van der Waals surface area contributed by atoms with Crippen LogP contribution in [-0.4, -0.2) is 45.3 Å². The maximum absolute atomic E-state index is 13.9. The minimum absolute atomic E-state index is 0.193. The molecule has 2 N–H and O–H groups in total. The molecule has 2 aliphatic rings. The smallest absolute Gasteiger partial charge is 0.133 e. The third-order valence-electron chi connectivity index (χ3n) is 5.91. The Morgan fingerprint density at radius 1 is 1.12 bits per heavy atom. The summed E-state index contributed by atoms with van der Waals surface area (Å²) in [4.78, 5) is 6.67. The van der Waals surface area contributed by atoms with E-state index in [4.69, 9.17) is 0 Å². The number of benzene rings is 1. The van der Waals surface area contributed by atoms with Crippen molar-refractivity contribution in [2.45, 2.75) is 31.3 Å². The Morgan fingerprint density at radius 2 is 1.85 bits per heavy atom. The number of aromatic hydroxyl groups is 1. The van der Waals surface area contributed by atoms with Gasteiger partial charge in [0.1, 0.15) is 11.6 Å². The second-order valence-electron chi connectivity index (χ2n) is 7.94. The Labute approximate surface area is 153 Å². The van der Waals surface area contributed by atoms with E-state index in [-0.39, 0.29) is 11.6 Å². The Bertz CT molecular complexity index is 751. The molecule has 4 rings (SSSR count). The molecule has 1 saturated heterocycles. The lowest BCUT2D eigenvalue weighted by atomic mass is 9.91. The van der Waals surface area contributed by atoms with Crippen LogP contribution in [0.4, 0.5) is 4.39 Å². The number of hydrogen-bond donors (Lipinski definition) is 2. The van der Waals surface area contributed by atoms with Gasteiger partial charge in [-0.2, -0.15) is 0 Å². The lowest BCUT2D eigenvalue weighted by Gasteiger charge is -2.26. The maximum atomic E-state index is 13.9. The highest BCUT2D eigenvalue weighted by Gasteiger charge is 2.48. The molecule has 0 amide bonds. The number of hydrogen-bond acceptors (Lipinski definition) is 4. The SMILES string of the molecule is Oc1ccc(CCN2CC3CC(O)(Cc4ccccc4F)CC3C2)nc1. The summed E-state index contributed by atoms with van der Waals surface area (Å²) in [5, 5.41) is 20.3. The third-order valence-corrected chi connectivity index (χ3v) is 5.91. The standard InChI is InChI=1S/C21H25FN2O2/c22-20-4-2-1-3-15(20)9-21(26)10-16-13-24(14-17(16)11-21)8-7-18-5-6-19(25)12-23-18/h1-6,12,16-17,25-26H,7-11,13-14H2. The number of aliphatic hydroxyl groups is 1. The van der Waals surface area contributed by atoms with Crippen molar-refractivity contribution >= 4 is 0 Å². The van der Waals surface area contributed by atoms with Gasteiger partial charge < -0.3 is 15.1 Å². The van der Waals surface area contributed by atoms with Gasteiger partial charge in [0.15, 0.2) is 0 Å². The topological polar surface area (TPSA) is 56.6 Å². The first-order valence-corrected chi connectivity index (χ1v) is 9.33. The van der Waals surface area contributed by atoms with E-state index in [1.54, 1.807) is 18.2 Å². The molecule has 4 nitrogen and oxygen atoms in total. The van der Waals surface area contributed by atoms with Gasteiger partial charge in [0.2, 0.25) is 0 Å². The Balaban J connectivity index is 1.31. The Morgan fingerprint density at radius 3 is 2.50 bits per heavy atom. The second kappa shape index (κ2) is 6.97. The molecule has 1 aliphatic heterocycles. The van der Waals surface area contributed by atoms with Crippen molar-refractivity contribution in [3.8, 4) is 5.75 Å². The number of likely N-dealkylation sites (tertiary alicyclic amines) is 1. The summed E-state index contributed by atoms with van der Waals surface area (Å²) in [6.45, 7) is 2.92. The molecular formula is C21H25FN2O2. The number of fused-ring (bicyclic) bond motifs is 1. The van der Waals surface area contributed by atoms with Gasteiger partial charge in [0, 0.05) is 38.2 Å². The highest BCUT2D eigenvalue weighted by Crippen LogP contribution is 2.45. The molecule has 0 bridgehead atoms. The molecule has 2 unspecified atom stereocenters. The fraction of sp³-hybridized carbons (Fsp3) is 0.476. The van der Waals surface area contributed by atoms with E-state index in [2.05, 4.69) is 9.88 Å². The Kier molecular flexibility index (Phi) is 4.67. The number of rotatable bonds is 5. The first kappa shape index (κ1) is 17.4. The molecule has 1 aliphatic carbocycles. The minimum Gasteiger partial charge on any atom is -0.506 e. The van der Waals surface area contributed by atoms with Gasteiger partial charge in [-0.05, 0) is 48.4 Å². The van der Waals surface area contributed by atoms with Gasteiger partial charge in [-0.15, -0.1) is 0 Å². The van der Waals surface area contributed by atoms with E-state index in [1.165, 1.54) is 12.3 Å². The van der Waals surface area contributed by atoms with E-state index in [0.717, 1.165) is 44.6 Å². The zero-order valence-electron chi connectivity index (χ0n) is 14.8. The van der Waals surface area contributed by atoms with E-state index >= 15 is 0 Å². The molecule has 2 atom stereocenters. The lowest BCUT2D eigenvalue weighted by Crippen LogP contribution is -2.33. The molecule has 2 aromatic rings. The molecule has 5 heteroatoms. The fourth-order valence-electron chi connectivity index (χ4n) is 4.72.